The number of carbonyl (C=O) groups excluding carboxylic acids is 1. The number of thiazole rings is 1. The third-order valence-electron chi connectivity index (χ3n) is 4.27. The number of furan rings is 1. The van der Waals surface area contributed by atoms with Crippen LogP contribution >= 0.6 is 11.3 Å². The summed E-state index contributed by atoms with van der Waals surface area (Å²) >= 11 is 1.36. The van der Waals surface area contributed by atoms with E-state index in [-0.39, 0.29) is 5.91 Å². The van der Waals surface area contributed by atoms with Crippen LogP contribution in [0.3, 0.4) is 0 Å². The summed E-state index contributed by atoms with van der Waals surface area (Å²) in [6.45, 7) is 2.76. The molecule has 0 atom stereocenters. The van der Waals surface area contributed by atoms with E-state index >= 15 is 0 Å². The summed E-state index contributed by atoms with van der Waals surface area (Å²) in [6.07, 6.45) is 2.05. The van der Waals surface area contributed by atoms with Gasteiger partial charge in [-0.3, -0.25) is 10.1 Å². The summed E-state index contributed by atoms with van der Waals surface area (Å²) in [7, 11) is 0. The van der Waals surface area contributed by atoms with Crippen molar-refractivity contribution in [2.24, 2.45) is 0 Å². The number of anilines is 1. The number of hydrogen-bond donors (Lipinski definition) is 1. The van der Waals surface area contributed by atoms with Crippen molar-refractivity contribution < 1.29 is 13.9 Å². The van der Waals surface area contributed by atoms with Crippen LogP contribution in [0.1, 0.15) is 30.1 Å². The Balaban J connectivity index is 1.46. The van der Waals surface area contributed by atoms with Crippen LogP contribution in [0, 0.1) is 0 Å². The molecule has 0 radical (unpaired) electrons. The quantitative estimate of drug-likeness (QED) is 0.393. The number of unbranched alkanes of at least 4 members (excludes halogenated alkanes) is 1. The molecule has 28 heavy (non-hydrogen) atoms. The zero-order valence-electron chi connectivity index (χ0n) is 15.5. The summed E-state index contributed by atoms with van der Waals surface area (Å²) < 4.78 is 11.5. The highest BCUT2D eigenvalue weighted by Crippen LogP contribution is 2.30. The molecule has 2 aromatic heterocycles. The molecule has 2 aromatic carbocycles. The Morgan fingerprint density at radius 1 is 1.18 bits per heavy atom. The molecule has 1 N–H and O–H groups in total. The lowest BCUT2D eigenvalue weighted by Gasteiger charge is -2.07. The SMILES string of the molecule is CCCCOc1cccc(C(=O)Nc2nc(-c3cc4ccccc4o3)cs2)c1. The molecule has 0 bridgehead atoms. The van der Waals surface area contributed by atoms with Crippen LogP contribution < -0.4 is 10.1 Å². The lowest BCUT2D eigenvalue weighted by Crippen LogP contribution is -2.11. The minimum Gasteiger partial charge on any atom is -0.494 e. The molecule has 4 rings (SSSR count). The summed E-state index contributed by atoms with van der Waals surface area (Å²) in [4.78, 5) is 17.0. The van der Waals surface area contributed by atoms with Crippen LogP contribution in [0.4, 0.5) is 5.13 Å². The lowest BCUT2D eigenvalue weighted by atomic mass is 10.2. The van der Waals surface area contributed by atoms with Crippen LogP contribution in [-0.4, -0.2) is 17.5 Å². The fraction of sp³-hybridized carbons (Fsp3) is 0.182. The van der Waals surface area contributed by atoms with E-state index in [4.69, 9.17) is 9.15 Å². The van der Waals surface area contributed by atoms with Crippen molar-refractivity contribution in [2.45, 2.75) is 19.8 Å². The first-order valence-electron chi connectivity index (χ1n) is 9.21. The van der Waals surface area contributed by atoms with Crippen molar-refractivity contribution >= 4 is 33.3 Å². The molecule has 0 aliphatic carbocycles. The second-order valence-electron chi connectivity index (χ2n) is 6.37. The van der Waals surface area contributed by atoms with Crippen molar-refractivity contribution in [3.8, 4) is 17.2 Å². The van der Waals surface area contributed by atoms with Gasteiger partial charge in [-0.1, -0.05) is 37.6 Å². The van der Waals surface area contributed by atoms with E-state index in [2.05, 4.69) is 17.2 Å². The molecule has 0 aliphatic rings. The number of hydrogen-bond acceptors (Lipinski definition) is 5. The zero-order chi connectivity index (χ0) is 19.3. The van der Waals surface area contributed by atoms with Gasteiger partial charge in [0.05, 0.1) is 6.61 Å². The Bertz CT molecular complexity index is 1070. The maximum atomic E-state index is 12.6. The number of rotatable bonds is 7. The minimum absolute atomic E-state index is 0.216. The molecular formula is C22H20N2O3S. The second-order valence-corrected chi connectivity index (χ2v) is 7.23. The maximum absolute atomic E-state index is 12.6. The summed E-state index contributed by atoms with van der Waals surface area (Å²) in [6, 6.07) is 16.9. The van der Waals surface area contributed by atoms with Gasteiger partial charge in [-0.2, -0.15) is 0 Å². The van der Waals surface area contributed by atoms with E-state index in [0.29, 0.717) is 34.5 Å². The van der Waals surface area contributed by atoms with E-state index in [1.54, 1.807) is 12.1 Å². The summed E-state index contributed by atoms with van der Waals surface area (Å²) in [5.74, 6) is 1.17. The Hall–Kier alpha value is -3.12. The standard InChI is InChI=1S/C22H20N2O3S/c1-2-3-11-26-17-9-6-8-16(12-17)21(25)24-22-23-18(14-28-22)20-13-15-7-4-5-10-19(15)27-20/h4-10,12-14H,2-3,11H2,1H3,(H,23,24,25). The topological polar surface area (TPSA) is 64.4 Å². The Morgan fingerprint density at radius 3 is 2.93 bits per heavy atom. The van der Waals surface area contributed by atoms with Crippen LogP contribution in [0.15, 0.2) is 64.4 Å². The number of aromatic nitrogens is 1. The van der Waals surface area contributed by atoms with Crippen molar-refractivity contribution in [1.29, 1.82) is 0 Å². The summed E-state index contributed by atoms with van der Waals surface area (Å²) in [5.41, 5.74) is 2.05. The van der Waals surface area contributed by atoms with E-state index in [9.17, 15) is 4.79 Å². The van der Waals surface area contributed by atoms with Crippen LogP contribution in [0.25, 0.3) is 22.4 Å². The first-order valence-corrected chi connectivity index (χ1v) is 10.1. The molecule has 0 aliphatic heterocycles. The van der Waals surface area contributed by atoms with E-state index in [1.165, 1.54) is 11.3 Å². The van der Waals surface area contributed by atoms with Gasteiger partial charge in [0.1, 0.15) is 17.0 Å². The van der Waals surface area contributed by atoms with Crippen LogP contribution in [-0.2, 0) is 0 Å². The van der Waals surface area contributed by atoms with Crippen LogP contribution in [0.5, 0.6) is 5.75 Å². The largest absolute Gasteiger partial charge is 0.494 e. The van der Waals surface area contributed by atoms with Crippen LogP contribution in [0.2, 0.25) is 0 Å². The highest BCUT2D eigenvalue weighted by molar-refractivity contribution is 7.14. The minimum atomic E-state index is -0.216. The van der Waals surface area contributed by atoms with Crippen molar-refractivity contribution in [2.75, 3.05) is 11.9 Å². The lowest BCUT2D eigenvalue weighted by molar-refractivity contribution is 0.102. The maximum Gasteiger partial charge on any atom is 0.257 e. The van der Waals surface area contributed by atoms with E-state index in [0.717, 1.165) is 23.8 Å². The third kappa shape index (κ3) is 4.07. The molecule has 0 unspecified atom stereocenters. The number of fused-ring (bicyclic) bond motifs is 1. The molecule has 0 saturated carbocycles. The molecule has 2 heterocycles. The Kier molecular flexibility index (Phi) is 5.39. The Morgan fingerprint density at radius 2 is 2.07 bits per heavy atom. The molecule has 4 aromatic rings. The van der Waals surface area contributed by atoms with Crippen molar-refractivity contribution in [3.63, 3.8) is 0 Å². The van der Waals surface area contributed by atoms with Gasteiger partial charge in [0, 0.05) is 16.3 Å². The third-order valence-corrected chi connectivity index (χ3v) is 5.02. The fourth-order valence-corrected chi connectivity index (χ4v) is 3.48. The van der Waals surface area contributed by atoms with Crippen molar-refractivity contribution in [1.82, 2.24) is 4.98 Å². The molecule has 5 nitrogen and oxygen atoms in total. The average molecular weight is 392 g/mol. The zero-order valence-corrected chi connectivity index (χ0v) is 16.3. The highest BCUT2D eigenvalue weighted by Gasteiger charge is 2.13. The predicted octanol–water partition coefficient (Wildman–Crippen LogP) is 5.99. The van der Waals surface area contributed by atoms with E-state index < -0.39 is 0 Å². The van der Waals surface area contributed by atoms with Gasteiger partial charge in [-0.15, -0.1) is 11.3 Å². The molecule has 0 spiro atoms. The molecule has 6 heteroatoms. The number of ether oxygens (including phenoxy) is 1. The van der Waals surface area contributed by atoms with Gasteiger partial charge in [-0.25, -0.2) is 4.98 Å². The highest BCUT2D eigenvalue weighted by atomic mass is 32.1. The number of nitrogens with one attached hydrogen (secondary N) is 1. The monoisotopic (exact) mass is 392 g/mol. The molecule has 142 valence electrons. The first-order chi connectivity index (χ1) is 13.7. The molecular weight excluding hydrogens is 372 g/mol. The first kappa shape index (κ1) is 18.3. The molecule has 0 fully saturated rings. The summed E-state index contributed by atoms with van der Waals surface area (Å²) in [5, 5.41) is 6.27. The number of carbonyl (C=O) groups is 1. The number of amides is 1. The van der Waals surface area contributed by atoms with Gasteiger partial charge >= 0.3 is 0 Å². The van der Waals surface area contributed by atoms with Crippen molar-refractivity contribution in [3.05, 3.63) is 65.5 Å². The number of para-hydroxylation sites is 1. The second kappa shape index (κ2) is 8.27. The molecule has 0 saturated heterocycles. The van der Waals surface area contributed by atoms with Gasteiger partial charge < -0.3 is 9.15 Å². The average Bonchev–Trinajstić information content (AvgIpc) is 3.35. The van der Waals surface area contributed by atoms with E-state index in [1.807, 2.05) is 47.8 Å². The van der Waals surface area contributed by atoms with Gasteiger partial charge in [0.15, 0.2) is 10.9 Å². The van der Waals surface area contributed by atoms with Gasteiger partial charge in [0.25, 0.3) is 5.91 Å². The predicted molar refractivity (Wildman–Crippen MR) is 112 cm³/mol. The van der Waals surface area contributed by atoms with Gasteiger partial charge in [-0.05, 0) is 36.8 Å². The Labute approximate surface area is 167 Å². The number of benzene rings is 2. The smallest absolute Gasteiger partial charge is 0.257 e. The van der Waals surface area contributed by atoms with Gasteiger partial charge in [0.2, 0.25) is 0 Å². The fourth-order valence-electron chi connectivity index (χ4n) is 2.78. The number of nitrogens with zero attached hydrogens (tertiary/aromatic N) is 1. The molecule has 1 amide bonds. The normalized spacial score (nSPS) is 10.9.